The summed E-state index contributed by atoms with van der Waals surface area (Å²) < 4.78 is 16.9. The van der Waals surface area contributed by atoms with Crippen molar-refractivity contribution >= 4 is 17.9 Å². The minimum Gasteiger partial charge on any atom is -0.462 e. The number of carbonyl (C=O) groups is 3. The standard InChI is InChI=1S/C77H130O6/c1-4-7-10-13-16-19-22-25-28-31-33-34-35-36-37-38-39-40-41-42-44-46-49-52-55-58-61-64-67-70-76(79)82-73-74(72-81-75(78)69-66-63-60-57-54-51-48-45-30-27-24-21-18-15-12-9-6-3)83-77(80)71-68-65-62-59-56-53-50-47-43-32-29-26-23-20-17-14-11-8-5-2/h8-9,11-12,17-18,20-22,25-27,29-31,33,43,47,53,56,74H,4-7,10,13-16,19,23-24,28,32,34-42,44-46,48-52,54-55,57-73H2,1-3H3/b11-8-,12-9-,20-17-,21-18-,25-22-,29-26-,30-27-,33-31-,47-43-,56-53-. The number of hydrogen-bond donors (Lipinski definition) is 0. The second-order valence-corrected chi connectivity index (χ2v) is 23.0. The van der Waals surface area contributed by atoms with Gasteiger partial charge in [0, 0.05) is 19.3 Å². The van der Waals surface area contributed by atoms with Crippen molar-refractivity contribution in [3.05, 3.63) is 122 Å². The maximum absolute atomic E-state index is 12.9. The molecule has 1 unspecified atom stereocenters. The first-order chi connectivity index (χ1) is 41.0. The molecule has 0 fully saturated rings. The van der Waals surface area contributed by atoms with E-state index in [1.54, 1.807) is 0 Å². The van der Waals surface area contributed by atoms with Crippen molar-refractivity contribution in [3.8, 4) is 0 Å². The summed E-state index contributed by atoms with van der Waals surface area (Å²) in [7, 11) is 0. The van der Waals surface area contributed by atoms with Crippen LogP contribution in [0.2, 0.25) is 0 Å². The first-order valence-electron chi connectivity index (χ1n) is 35.0. The summed E-state index contributed by atoms with van der Waals surface area (Å²) in [4.78, 5) is 38.4. The molecule has 0 rings (SSSR count). The minimum absolute atomic E-state index is 0.0952. The van der Waals surface area contributed by atoms with Gasteiger partial charge < -0.3 is 14.2 Å². The van der Waals surface area contributed by atoms with Crippen molar-refractivity contribution in [1.29, 1.82) is 0 Å². The average Bonchev–Trinajstić information content (AvgIpc) is 3.49. The van der Waals surface area contributed by atoms with E-state index in [2.05, 4.69) is 142 Å². The lowest BCUT2D eigenvalue weighted by Crippen LogP contribution is -2.30. The molecule has 6 heteroatoms. The van der Waals surface area contributed by atoms with Gasteiger partial charge in [-0.15, -0.1) is 0 Å². The number of carbonyl (C=O) groups excluding carboxylic acids is 3. The highest BCUT2D eigenvalue weighted by Crippen LogP contribution is 2.17. The van der Waals surface area contributed by atoms with Crippen molar-refractivity contribution in [3.63, 3.8) is 0 Å². The molecule has 0 radical (unpaired) electrons. The topological polar surface area (TPSA) is 78.9 Å². The summed E-state index contributed by atoms with van der Waals surface area (Å²) in [5.74, 6) is -0.928. The smallest absolute Gasteiger partial charge is 0.306 e. The third kappa shape index (κ3) is 68.5. The number of esters is 3. The zero-order valence-corrected chi connectivity index (χ0v) is 54.4. The van der Waals surface area contributed by atoms with E-state index >= 15 is 0 Å². The molecule has 6 nitrogen and oxygen atoms in total. The van der Waals surface area contributed by atoms with Crippen LogP contribution in [0.4, 0.5) is 0 Å². The van der Waals surface area contributed by atoms with E-state index in [4.69, 9.17) is 14.2 Å². The van der Waals surface area contributed by atoms with Crippen molar-refractivity contribution in [2.45, 2.75) is 335 Å². The van der Waals surface area contributed by atoms with E-state index < -0.39 is 6.10 Å². The molecule has 0 amide bonds. The Morgan fingerprint density at radius 2 is 0.470 bits per heavy atom. The van der Waals surface area contributed by atoms with E-state index in [0.29, 0.717) is 12.8 Å². The highest BCUT2D eigenvalue weighted by Gasteiger charge is 2.19. The van der Waals surface area contributed by atoms with Gasteiger partial charge in [0.15, 0.2) is 6.10 Å². The molecule has 0 N–H and O–H groups in total. The first-order valence-corrected chi connectivity index (χ1v) is 35.0. The van der Waals surface area contributed by atoms with Crippen LogP contribution in [-0.4, -0.2) is 37.2 Å². The lowest BCUT2D eigenvalue weighted by atomic mass is 10.0. The Balaban J connectivity index is 4.34. The first kappa shape index (κ1) is 78.8. The Labute approximate surface area is 513 Å². The minimum atomic E-state index is -0.804. The average molecular weight is 1150 g/mol. The van der Waals surface area contributed by atoms with Crippen LogP contribution in [0.1, 0.15) is 329 Å². The molecule has 1 atom stereocenters. The van der Waals surface area contributed by atoms with Crippen LogP contribution in [0.3, 0.4) is 0 Å². The van der Waals surface area contributed by atoms with Gasteiger partial charge >= 0.3 is 17.9 Å². The highest BCUT2D eigenvalue weighted by molar-refractivity contribution is 5.71. The fourth-order valence-electron chi connectivity index (χ4n) is 9.75. The largest absolute Gasteiger partial charge is 0.462 e. The lowest BCUT2D eigenvalue weighted by molar-refractivity contribution is -0.167. The highest BCUT2D eigenvalue weighted by atomic mass is 16.6. The number of allylic oxidation sites excluding steroid dienone is 20. The Morgan fingerprint density at radius 1 is 0.253 bits per heavy atom. The predicted octanol–water partition coefficient (Wildman–Crippen LogP) is 24.3. The molecule has 0 aromatic rings. The Hall–Kier alpha value is -4.19. The van der Waals surface area contributed by atoms with Gasteiger partial charge in [-0.05, 0) is 128 Å². The summed E-state index contributed by atoms with van der Waals surface area (Å²) in [6.45, 7) is 6.40. The SMILES string of the molecule is CC/C=C\C/C=C\C/C=C\C/C=C\C/C=C\CCCCCC(=O)OC(COC(=O)CCCCCCCCC/C=C\C/C=C\C/C=C\CC)COC(=O)CCCCCCCCCCCCCCCCCCC/C=C\C/C=C\CCCCCCC. The molecule has 0 spiro atoms. The van der Waals surface area contributed by atoms with E-state index in [1.165, 1.54) is 161 Å². The van der Waals surface area contributed by atoms with Gasteiger partial charge in [-0.3, -0.25) is 14.4 Å². The van der Waals surface area contributed by atoms with Gasteiger partial charge in [-0.2, -0.15) is 0 Å². The maximum atomic E-state index is 12.9. The molecule has 0 aromatic heterocycles. The number of unbranched alkanes of at least 4 members (excludes halogenated alkanes) is 32. The number of ether oxygens (including phenoxy) is 3. The number of rotatable bonds is 63. The van der Waals surface area contributed by atoms with Gasteiger partial charge in [-0.25, -0.2) is 0 Å². The van der Waals surface area contributed by atoms with Crippen molar-refractivity contribution in [2.75, 3.05) is 13.2 Å². The fraction of sp³-hybridized carbons (Fsp3) is 0.701. The third-order valence-corrected chi connectivity index (χ3v) is 14.9. The normalized spacial score (nSPS) is 12.9. The summed E-state index contributed by atoms with van der Waals surface area (Å²) >= 11 is 0. The van der Waals surface area contributed by atoms with Gasteiger partial charge in [0.1, 0.15) is 13.2 Å². The second-order valence-electron chi connectivity index (χ2n) is 23.0. The zero-order chi connectivity index (χ0) is 59.9. The molecular formula is C77H130O6. The monoisotopic (exact) mass is 1150 g/mol. The molecule has 0 heterocycles. The maximum Gasteiger partial charge on any atom is 0.306 e. The van der Waals surface area contributed by atoms with Crippen LogP contribution in [0.5, 0.6) is 0 Å². The van der Waals surface area contributed by atoms with Crippen LogP contribution >= 0.6 is 0 Å². The van der Waals surface area contributed by atoms with Crippen LogP contribution in [0, 0.1) is 0 Å². The fourth-order valence-corrected chi connectivity index (χ4v) is 9.75. The van der Waals surface area contributed by atoms with Gasteiger partial charge in [0.2, 0.25) is 0 Å². The molecule has 0 aliphatic heterocycles. The van der Waals surface area contributed by atoms with E-state index in [-0.39, 0.29) is 37.5 Å². The van der Waals surface area contributed by atoms with Crippen LogP contribution in [0.25, 0.3) is 0 Å². The Morgan fingerprint density at radius 3 is 0.747 bits per heavy atom. The number of hydrogen-bond acceptors (Lipinski definition) is 6. The molecular weight excluding hydrogens is 1020 g/mol. The van der Waals surface area contributed by atoms with E-state index in [0.717, 1.165) is 128 Å². The summed E-state index contributed by atoms with van der Waals surface area (Å²) in [6.07, 6.45) is 98.0. The molecule has 0 aromatic carbocycles. The van der Waals surface area contributed by atoms with Gasteiger partial charge in [0.05, 0.1) is 0 Å². The molecule has 0 bridgehead atoms. The van der Waals surface area contributed by atoms with Crippen molar-refractivity contribution < 1.29 is 28.6 Å². The summed E-state index contributed by atoms with van der Waals surface area (Å²) in [5, 5.41) is 0. The van der Waals surface area contributed by atoms with Gasteiger partial charge in [0.25, 0.3) is 0 Å². The van der Waals surface area contributed by atoms with Crippen LogP contribution in [-0.2, 0) is 28.6 Å². The predicted molar refractivity (Wildman–Crippen MR) is 362 cm³/mol. The van der Waals surface area contributed by atoms with Crippen LogP contribution < -0.4 is 0 Å². The van der Waals surface area contributed by atoms with E-state index in [1.807, 2.05) is 0 Å². The Bertz CT molecular complexity index is 1700. The molecule has 0 aliphatic carbocycles. The van der Waals surface area contributed by atoms with Gasteiger partial charge in [-0.1, -0.05) is 303 Å². The third-order valence-electron chi connectivity index (χ3n) is 14.9. The quantitative estimate of drug-likeness (QED) is 0.0261. The molecule has 474 valence electrons. The Kier molecular flexibility index (Phi) is 66.7. The molecule has 0 saturated carbocycles. The second kappa shape index (κ2) is 70.3. The van der Waals surface area contributed by atoms with Crippen molar-refractivity contribution in [2.24, 2.45) is 0 Å². The van der Waals surface area contributed by atoms with Crippen molar-refractivity contribution in [1.82, 2.24) is 0 Å². The molecule has 0 aliphatic rings. The summed E-state index contributed by atoms with van der Waals surface area (Å²) in [6, 6.07) is 0. The van der Waals surface area contributed by atoms with Crippen LogP contribution in [0.15, 0.2) is 122 Å². The molecule has 83 heavy (non-hydrogen) atoms. The zero-order valence-electron chi connectivity index (χ0n) is 54.4. The lowest BCUT2D eigenvalue weighted by Gasteiger charge is -2.18. The van der Waals surface area contributed by atoms with E-state index in [9.17, 15) is 14.4 Å². The summed E-state index contributed by atoms with van der Waals surface area (Å²) in [5.41, 5.74) is 0. The molecule has 0 saturated heterocycles.